The molecule has 6 heteroatoms. The lowest BCUT2D eigenvalue weighted by molar-refractivity contribution is -0.167. The van der Waals surface area contributed by atoms with Crippen molar-refractivity contribution in [2.45, 2.75) is 297 Å². The van der Waals surface area contributed by atoms with Crippen LogP contribution >= 0.6 is 0 Å². The molecule has 81 heavy (non-hydrogen) atoms. The van der Waals surface area contributed by atoms with Gasteiger partial charge in [0.05, 0.1) is 0 Å². The molecule has 0 aliphatic heterocycles. The zero-order chi connectivity index (χ0) is 58.5. The molecule has 0 aliphatic carbocycles. The number of allylic oxidation sites excluding steroid dienone is 24. The molecule has 0 N–H and O–H groups in total. The summed E-state index contributed by atoms with van der Waals surface area (Å²) in [5.74, 6) is -1.04. The first-order valence-electron chi connectivity index (χ1n) is 33.3. The Bertz CT molecular complexity index is 1760. The van der Waals surface area contributed by atoms with Gasteiger partial charge in [0.15, 0.2) is 6.10 Å². The average Bonchev–Trinajstić information content (AvgIpc) is 3.47. The monoisotopic (exact) mass is 1120 g/mol. The van der Waals surface area contributed by atoms with Crippen LogP contribution in [0.5, 0.6) is 0 Å². The van der Waals surface area contributed by atoms with Crippen LogP contribution in [0.25, 0.3) is 0 Å². The minimum absolute atomic E-state index is 0.122. The van der Waals surface area contributed by atoms with Gasteiger partial charge < -0.3 is 14.2 Å². The van der Waals surface area contributed by atoms with Crippen LogP contribution in [0.1, 0.15) is 290 Å². The predicted octanol–water partition coefficient (Wildman–Crippen LogP) is 23.1. The first-order chi connectivity index (χ1) is 40.0. The fourth-order valence-electron chi connectivity index (χ4n) is 8.90. The molecule has 458 valence electrons. The topological polar surface area (TPSA) is 78.9 Å². The van der Waals surface area contributed by atoms with Gasteiger partial charge in [-0.3, -0.25) is 14.4 Å². The summed E-state index contributed by atoms with van der Waals surface area (Å²) < 4.78 is 16.8. The Morgan fingerprint density at radius 2 is 0.494 bits per heavy atom. The number of ether oxygens (including phenoxy) is 3. The number of rotatable bonds is 59. The van der Waals surface area contributed by atoms with E-state index in [0.29, 0.717) is 19.3 Å². The SMILES string of the molecule is CC/C=C\C/C=C\C/C=C\C/C=C\C/C=C\CCCC(=O)OCC(COC(=O)CCCCCCCCCCCCCCCCCCC/C=C\C/C=C\CCCCCCC)OC(=O)CCC/C=C\C/C=C\C/C=C\C/C=C\C/C=C\CC. The van der Waals surface area contributed by atoms with Crippen molar-refractivity contribution in [3.05, 3.63) is 146 Å². The summed E-state index contributed by atoms with van der Waals surface area (Å²) in [6, 6.07) is 0. The van der Waals surface area contributed by atoms with Crippen LogP contribution in [-0.2, 0) is 28.6 Å². The normalized spacial score (nSPS) is 13.1. The molecule has 1 unspecified atom stereocenters. The molecule has 0 amide bonds. The number of hydrogen-bond acceptors (Lipinski definition) is 6. The van der Waals surface area contributed by atoms with E-state index < -0.39 is 6.10 Å². The molecular weight excluding hydrogens is 997 g/mol. The maximum atomic E-state index is 12.9. The van der Waals surface area contributed by atoms with Gasteiger partial charge in [0.25, 0.3) is 0 Å². The van der Waals surface area contributed by atoms with Crippen LogP contribution in [-0.4, -0.2) is 37.2 Å². The highest BCUT2D eigenvalue weighted by molar-refractivity contribution is 5.71. The second kappa shape index (κ2) is 67.8. The number of esters is 3. The predicted molar refractivity (Wildman–Crippen MR) is 352 cm³/mol. The summed E-state index contributed by atoms with van der Waals surface area (Å²) in [5, 5.41) is 0. The first kappa shape index (κ1) is 76.3. The molecule has 0 saturated carbocycles. The smallest absolute Gasteiger partial charge is 0.306 e. The Balaban J connectivity index is 4.39. The molecule has 0 aliphatic rings. The lowest BCUT2D eigenvalue weighted by atomic mass is 10.0. The minimum atomic E-state index is -0.838. The standard InChI is InChI=1S/C75H122O6/c1-4-7-10-13-16-19-22-25-28-31-32-33-34-35-36-37-38-39-40-41-42-45-47-50-53-56-59-62-65-68-74(77)80-71-72(81-75(78)69-66-63-60-57-54-51-48-44-30-27-24-21-18-15-12-9-6-3)70-79-73(76)67-64-61-58-55-52-49-46-43-29-26-23-20-17-14-11-8-5-2/h8-9,11-12,17-18,20-22,25-27,29-32,46,48-49,51,55,57-58,60,72H,4-7,10,13-16,19,23-24,28,33-45,47,50,52-54,56,59,61-71H2,1-3H3/b11-8-,12-9-,20-17-,21-18-,25-22-,29-26-,30-27-,32-31-,49-46-,51-48-,58-55-,60-57-. The van der Waals surface area contributed by atoms with Crippen LogP contribution in [0.3, 0.4) is 0 Å². The van der Waals surface area contributed by atoms with Crippen LogP contribution in [0.15, 0.2) is 146 Å². The fraction of sp³-hybridized carbons (Fsp3) is 0.640. The maximum absolute atomic E-state index is 12.9. The van der Waals surface area contributed by atoms with Crippen molar-refractivity contribution in [1.82, 2.24) is 0 Å². The van der Waals surface area contributed by atoms with E-state index in [1.807, 2.05) is 0 Å². The molecule has 0 spiro atoms. The summed E-state index contributed by atoms with van der Waals surface area (Å²) in [5.41, 5.74) is 0. The molecule has 0 fully saturated rings. The zero-order valence-electron chi connectivity index (χ0n) is 52.5. The van der Waals surface area contributed by atoms with Crippen molar-refractivity contribution < 1.29 is 28.6 Å². The van der Waals surface area contributed by atoms with Crippen molar-refractivity contribution in [3.63, 3.8) is 0 Å². The zero-order valence-corrected chi connectivity index (χ0v) is 52.5. The van der Waals surface area contributed by atoms with Gasteiger partial charge in [-0.15, -0.1) is 0 Å². The second-order valence-electron chi connectivity index (χ2n) is 21.6. The second-order valence-corrected chi connectivity index (χ2v) is 21.6. The van der Waals surface area contributed by atoms with Crippen molar-refractivity contribution in [1.29, 1.82) is 0 Å². The van der Waals surface area contributed by atoms with E-state index in [1.54, 1.807) is 0 Å². The summed E-state index contributed by atoms with van der Waals surface area (Å²) in [7, 11) is 0. The molecule has 0 aromatic rings. The van der Waals surface area contributed by atoms with Gasteiger partial charge in [0.1, 0.15) is 13.2 Å². The number of hydrogen-bond donors (Lipinski definition) is 0. The van der Waals surface area contributed by atoms with E-state index in [9.17, 15) is 14.4 Å². The first-order valence-corrected chi connectivity index (χ1v) is 33.3. The third-order valence-corrected chi connectivity index (χ3v) is 13.8. The molecule has 0 radical (unpaired) electrons. The summed E-state index contributed by atoms with van der Waals surface area (Å²) in [4.78, 5) is 38.3. The van der Waals surface area contributed by atoms with E-state index in [-0.39, 0.29) is 44.0 Å². The van der Waals surface area contributed by atoms with E-state index in [2.05, 4.69) is 167 Å². The van der Waals surface area contributed by atoms with E-state index in [0.717, 1.165) is 103 Å². The number of carbonyl (C=O) groups excluding carboxylic acids is 3. The number of carbonyl (C=O) groups is 3. The van der Waals surface area contributed by atoms with Gasteiger partial charge in [0, 0.05) is 19.3 Å². The van der Waals surface area contributed by atoms with Crippen LogP contribution < -0.4 is 0 Å². The lowest BCUT2D eigenvalue weighted by Gasteiger charge is -2.18. The third kappa shape index (κ3) is 66.0. The highest BCUT2D eigenvalue weighted by Gasteiger charge is 2.19. The molecule has 1 atom stereocenters. The molecule has 6 nitrogen and oxygen atoms in total. The lowest BCUT2D eigenvalue weighted by Crippen LogP contribution is -2.30. The molecular formula is C75H122O6. The Morgan fingerprint density at radius 3 is 0.802 bits per heavy atom. The highest BCUT2D eigenvalue weighted by Crippen LogP contribution is 2.16. The molecule has 0 aromatic heterocycles. The third-order valence-electron chi connectivity index (χ3n) is 13.8. The Morgan fingerprint density at radius 1 is 0.259 bits per heavy atom. The van der Waals surface area contributed by atoms with Gasteiger partial charge >= 0.3 is 17.9 Å². The van der Waals surface area contributed by atoms with Crippen LogP contribution in [0.2, 0.25) is 0 Å². The minimum Gasteiger partial charge on any atom is -0.462 e. The molecule has 0 aromatic carbocycles. The summed E-state index contributed by atoms with van der Waals surface area (Å²) in [6.07, 6.45) is 97.4. The highest BCUT2D eigenvalue weighted by atomic mass is 16.6. The summed E-state index contributed by atoms with van der Waals surface area (Å²) >= 11 is 0. The van der Waals surface area contributed by atoms with Gasteiger partial charge in [0.2, 0.25) is 0 Å². The van der Waals surface area contributed by atoms with Crippen molar-refractivity contribution in [3.8, 4) is 0 Å². The van der Waals surface area contributed by atoms with Gasteiger partial charge in [-0.1, -0.05) is 289 Å². The average molecular weight is 1120 g/mol. The fourth-order valence-corrected chi connectivity index (χ4v) is 8.90. The van der Waals surface area contributed by atoms with Gasteiger partial charge in [-0.05, 0) is 128 Å². The number of unbranched alkanes of at least 4 members (excludes halogenated alkanes) is 24. The van der Waals surface area contributed by atoms with Crippen molar-refractivity contribution in [2.75, 3.05) is 13.2 Å². The van der Waals surface area contributed by atoms with Crippen LogP contribution in [0, 0.1) is 0 Å². The Labute approximate surface area is 499 Å². The summed E-state index contributed by atoms with van der Waals surface area (Å²) in [6.45, 7) is 6.32. The Hall–Kier alpha value is -4.71. The molecule has 0 bridgehead atoms. The van der Waals surface area contributed by atoms with Gasteiger partial charge in [-0.2, -0.15) is 0 Å². The maximum Gasteiger partial charge on any atom is 0.306 e. The molecule has 0 heterocycles. The van der Waals surface area contributed by atoms with Crippen molar-refractivity contribution >= 4 is 17.9 Å². The van der Waals surface area contributed by atoms with E-state index in [4.69, 9.17) is 14.2 Å². The largest absolute Gasteiger partial charge is 0.462 e. The van der Waals surface area contributed by atoms with E-state index >= 15 is 0 Å². The van der Waals surface area contributed by atoms with Crippen molar-refractivity contribution in [2.24, 2.45) is 0 Å². The van der Waals surface area contributed by atoms with Gasteiger partial charge in [-0.25, -0.2) is 0 Å². The molecule has 0 rings (SSSR count). The van der Waals surface area contributed by atoms with Crippen LogP contribution in [0.4, 0.5) is 0 Å². The van der Waals surface area contributed by atoms with E-state index in [1.165, 1.54) is 135 Å². The molecule has 0 saturated heterocycles. The Kier molecular flexibility index (Phi) is 63.9. The quantitative estimate of drug-likeness (QED) is 0.0261.